The van der Waals surface area contributed by atoms with Crippen LogP contribution in [0.1, 0.15) is 18.5 Å². The average molecular weight is 466 g/mol. The van der Waals surface area contributed by atoms with Gasteiger partial charge in [-0.3, -0.25) is 9.10 Å². The monoisotopic (exact) mass is 464 g/mol. The summed E-state index contributed by atoms with van der Waals surface area (Å²) in [7, 11) is -2.24. The first kappa shape index (κ1) is 22.6. The minimum Gasteiger partial charge on any atom is -0.497 e. The van der Waals surface area contributed by atoms with E-state index in [2.05, 4.69) is 5.32 Å². The molecule has 0 aliphatic rings. The number of hydrogen-bond donors (Lipinski definition) is 1. The maximum absolute atomic E-state index is 12.5. The lowest BCUT2D eigenvalue weighted by atomic mass is 10.1. The largest absolute Gasteiger partial charge is 0.497 e. The van der Waals surface area contributed by atoms with Crippen LogP contribution in [0.2, 0.25) is 15.1 Å². The van der Waals surface area contributed by atoms with Gasteiger partial charge in [-0.15, -0.1) is 0 Å². The van der Waals surface area contributed by atoms with E-state index in [0.29, 0.717) is 5.75 Å². The fraction of sp³-hybridized carbons (Fsp3) is 0.278. The Balaban J connectivity index is 2.21. The topological polar surface area (TPSA) is 75.7 Å². The second-order valence-electron chi connectivity index (χ2n) is 6.05. The van der Waals surface area contributed by atoms with E-state index in [-0.39, 0.29) is 26.8 Å². The number of anilines is 1. The van der Waals surface area contributed by atoms with Crippen molar-refractivity contribution in [3.63, 3.8) is 0 Å². The standard InChI is InChI=1S/C18H19Cl3N2O4S/c1-11(12-4-6-13(27-2)7-5-12)22-18(24)10-23(28(3,25)26)17-9-15(20)14(19)8-16(17)21/h4-9,11H,10H2,1-3H3,(H,22,24)/t11-/m1/s1. The molecule has 2 rings (SSSR count). The number of sulfonamides is 1. The zero-order valence-corrected chi connectivity index (χ0v) is 18.5. The molecule has 2 aromatic carbocycles. The summed E-state index contributed by atoms with van der Waals surface area (Å²) in [5, 5.41) is 3.14. The number of benzene rings is 2. The number of hydrogen-bond acceptors (Lipinski definition) is 4. The predicted octanol–water partition coefficient (Wildman–Crippen LogP) is 4.30. The van der Waals surface area contributed by atoms with Crippen molar-refractivity contribution >= 4 is 56.4 Å². The molecule has 0 saturated carbocycles. The molecule has 0 aliphatic heterocycles. The van der Waals surface area contributed by atoms with Gasteiger partial charge in [0.2, 0.25) is 15.9 Å². The van der Waals surface area contributed by atoms with Gasteiger partial charge in [-0.1, -0.05) is 46.9 Å². The minimum absolute atomic E-state index is 0.0656. The van der Waals surface area contributed by atoms with Gasteiger partial charge in [0.25, 0.3) is 0 Å². The fourth-order valence-electron chi connectivity index (χ4n) is 2.48. The summed E-state index contributed by atoms with van der Waals surface area (Å²) < 4.78 is 30.5. The first-order chi connectivity index (χ1) is 13.0. The molecule has 0 aliphatic carbocycles. The summed E-state index contributed by atoms with van der Waals surface area (Å²) in [6.07, 6.45) is 0.978. The van der Waals surface area contributed by atoms with E-state index in [1.54, 1.807) is 26.2 Å². The molecule has 0 unspecified atom stereocenters. The van der Waals surface area contributed by atoms with Crippen molar-refractivity contribution in [2.24, 2.45) is 0 Å². The number of nitrogens with one attached hydrogen (secondary N) is 1. The lowest BCUT2D eigenvalue weighted by molar-refractivity contribution is -0.120. The number of carbonyl (C=O) groups is 1. The van der Waals surface area contributed by atoms with E-state index in [9.17, 15) is 13.2 Å². The van der Waals surface area contributed by atoms with Gasteiger partial charge in [0.1, 0.15) is 12.3 Å². The van der Waals surface area contributed by atoms with Gasteiger partial charge < -0.3 is 10.1 Å². The van der Waals surface area contributed by atoms with Crippen LogP contribution in [-0.4, -0.2) is 34.2 Å². The molecule has 1 amide bonds. The number of halogens is 3. The SMILES string of the molecule is COc1ccc([C@@H](C)NC(=O)CN(c2cc(Cl)c(Cl)cc2Cl)S(C)(=O)=O)cc1. The van der Waals surface area contributed by atoms with Crippen LogP contribution in [-0.2, 0) is 14.8 Å². The van der Waals surface area contributed by atoms with Gasteiger partial charge >= 0.3 is 0 Å². The third-order valence-corrected chi connectivity index (χ3v) is 6.09. The molecule has 1 atom stereocenters. The maximum atomic E-state index is 12.5. The van der Waals surface area contributed by atoms with Crippen LogP contribution in [0, 0.1) is 0 Å². The smallest absolute Gasteiger partial charge is 0.241 e. The zero-order chi connectivity index (χ0) is 21.1. The van der Waals surface area contributed by atoms with Crippen molar-refractivity contribution in [3.8, 4) is 5.75 Å². The van der Waals surface area contributed by atoms with E-state index in [4.69, 9.17) is 39.5 Å². The molecule has 2 aromatic rings. The Morgan fingerprint density at radius 2 is 1.68 bits per heavy atom. The fourth-order valence-corrected chi connectivity index (χ4v) is 4.03. The van der Waals surface area contributed by atoms with Crippen LogP contribution in [0.25, 0.3) is 0 Å². The zero-order valence-electron chi connectivity index (χ0n) is 15.4. The summed E-state index contributed by atoms with van der Waals surface area (Å²) in [6.45, 7) is 1.33. The number of carbonyl (C=O) groups excluding carboxylic acids is 1. The Bertz CT molecular complexity index is 966. The van der Waals surface area contributed by atoms with Crippen molar-refractivity contribution in [2.45, 2.75) is 13.0 Å². The first-order valence-corrected chi connectivity index (χ1v) is 11.1. The van der Waals surface area contributed by atoms with E-state index in [0.717, 1.165) is 16.1 Å². The molecule has 0 fully saturated rings. The van der Waals surface area contributed by atoms with Crippen LogP contribution in [0.5, 0.6) is 5.75 Å². The Morgan fingerprint density at radius 1 is 1.11 bits per heavy atom. The highest BCUT2D eigenvalue weighted by molar-refractivity contribution is 7.92. The molecule has 0 aromatic heterocycles. The Morgan fingerprint density at radius 3 is 2.21 bits per heavy atom. The van der Waals surface area contributed by atoms with Gasteiger partial charge in [0, 0.05) is 0 Å². The highest BCUT2D eigenvalue weighted by atomic mass is 35.5. The van der Waals surface area contributed by atoms with Crippen molar-refractivity contribution in [2.75, 3.05) is 24.2 Å². The van der Waals surface area contributed by atoms with Crippen molar-refractivity contribution < 1.29 is 17.9 Å². The highest BCUT2D eigenvalue weighted by Gasteiger charge is 2.25. The summed E-state index contributed by atoms with van der Waals surface area (Å²) in [4.78, 5) is 12.5. The summed E-state index contributed by atoms with van der Waals surface area (Å²) in [5.41, 5.74) is 0.915. The lowest BCUT2D eigenvalue weighted by Crippen LogP contribution is -2.41. The number of ether oxygens (including phenoxy) is 1. The number of methoxy groups -OCH3 is 1. The molecule has 0 radical (unpaired) electrons. The third kappa shape index (κ3) is 5.67. The summed E-state index contributed by atoms with van der Waals surface area (Å²) in [6, 6.07) is 9.47. The van der Waals surface area contributed by atoms with E-state index in [1.807, 2.05) is 12.1 Å². The minimum atomic E-state index is -3.80. The summed E-state index contributed by atoms with van der Waals surface area (Å²) in [5.74, 6) is 0.190. The molecule has 0 heterocycles. The Kier molecular flexibility index (Phi) is 7.45. The molecule has 1 N–H and O–H groups in total. The molecular weight excluding hydrogens is 447 g/mol. The molecule has 152 valence electrons. The van der Waals surface area contributed by atoms with Crippen LogP contribution in [0.3, 0.4) is 0 Å². The number of amides is 1. The van der Waals surface area contributed by atoms with Crippen LogP contribution in [0.4, 0.5) is 5.69 Å². The van der Waals surface area contributed by atoms with Gasteiger partial charge in [-0.2, -0.15) is 0 Å². The normalized spacial score (nSPS) is 12.4. The Labute approximate surface area is 179 Å². The van der Waals surface area contributed by atoms with Gasteiger partial charge in [-0.05, 0) is 36.8 Å². The van der Waals surface area contributed by atoms with E-state index in [1.165, 1.54) is 12.1 Å². The van der Waals surface area contributed by atoms with Gasteiger partial charge in [0.05, 0.1) is 40.2 Å². The van der Waals surface area contributed by atoms with Crippen LogP contribution in [0.15, 0.2) is 36.4 Å². The quantitative estimate of drug-likeness (QED) is 0.619. The lowest BCUT2D eigenvalue weighted by Gasteiger charge is -2.24. The Hall–Kier alpha value is -1.67. The predicted molar refractivity (Wildman–Crippen MR) is 113 cm³/mol. The average Bonchev–Trinajstić information content (AvgIpc) is 2.62. The molecule has 0 spiro atoms. The van der Waals surface area contributed by atoms with E-state index < -0.39 is 22.5 Å². The van der Waals surface area contributed by atoms with Gasteiger partial charge in [-0.25, -0.2) is 8.42 Å². The molecule has 28 heavy (non-hydrogen) atoms. The second kappa shape index (κ2) is 9.22. The molecule has 0 saturated heterocycles. The third-order valence-electron chi connectivity index (χ3n) is 3.94. The molecular formula is C18H19Cl3N2O4S. The van der Waals surface area contributed by atoms with Crippen molar-refractivity contribution in [1.82, 2.24) is 5.32 Å². The molecule has 0 bridgehead atoms. The van der Waals surface area contributed by atoms with E-state index >= 15 is 0 Å². The molecule has 10 heteroatoms. The number of rotatable bonds is 7. The highest BCUT2D eigenvalue weighted by Crippen LogP contribution is 2.35. The maximum Gasteiger partial charge on any atom is 0.241 e. The van der Waals surface area contributed by atoms with Gasteiger partial charge in [0.15, 0.2) is 0 Å². The van der Waals surface area contributed by atoms with Crippen LogP contribution >= 0.6 is 34.8 Å². The second-order valence-corrected chi connectivity index (χ2v) is 9.18. The van der Waals surface area contributed by atoms with Crippen LogP contribution < -0.4 is 14.4 Å². The summed E-state index contributed by atoms with van der Waals surface area (Å²) >= 11 is 18.0. The van der Waals surface area contributed by atoms with Crippen molar-refractivity contribution in [3.05, 3.63) is 57.0 Å². The van der Waals surface area contributed by atoms with Crippen molar-refractivity contribution in [1.29, 1.82) is 0 Å². The number of nitrogens with zero attached hydrogens (tertiary/aromatic N) is 1. The first-order valence-electron chi connectivity index (χ1n) is 8.08. The molecule has 6 nitrogen and oxygen atoms in total.